The monoisotopic (exact) mass is 565 g/mol. The van der Waals surface area contributed by atoms with Crippen molar-refractivity contribution in [1.82, 2.24) is 4.98 Å². The number of halogens is 2. The summed E-state index contributed by atoms with van der Waals surface area (Å²) in [5.41, 5.74) is 13.2. The predicted molar refractivity (Wildman–Crippen MR) is 165 cm³/mol. The van der Waals surface area contributed by atoms with Gasteiger partial charge in [-0.05, 0) is 53.1 Å². The molecule has 4 aromatic carbocycles. The molecule has 0 fully saturated rings. The lowest BCUT2D eigenvalue weighted by Crippen LogP contribution is -2.12. The summed E-state index contributed by atoms with van der Waals surface area (Å²) < 4.78 is 0. The first-order chi connectivity index (χ1) is 19.0. The SMILES string of the molecule is Nc1c(C(=O)Nc2ccccc2-c2ccccc2)sc2nc(-c3ccc(Cl)cc3)cc(-c3ccc(Cl)cc3)c12. The molecule has 0 radical (unpaired) electrons. The number of carbonyl (C=O) groups is 1. The summed E-state index contributed by atoms with van der Waals surface area (Å²) in [4.78, 5) is 19.6. The molecule has 0 aliphatic heterocycles. The van der Waals surface area contributed by atoms with Crippen LogP contribution < -0.4 is 11.1 Å². The smallest absolute Gasteiger partial charge is 0.267 e. The minimum atomic E-state index is -0.283. The van der Waals surface area contributed by atoms with E-state index in [-0.39, 0.29) is 5.91 Å². The number of para-hydroxylation sites is 1. The van der Waals surface area contributed by atoms with E-state index in [1.807, 2.05) is 109 Å². The van der Waals surface area contributed by atoms with Gasteiger partial charge in [0, 0.05) is 32.2 Å². The molecule has 3 N–H and O–H groups in total. The van der Waals surface area contributed by atoms with E-state index in [1.54, 1.807) is 0 Å². The average Bonchev–Trinajstić information content (AvgIpc) is 3.30. The molecule has 4 nitrogen and oxygen atoms in total. The van der Waals surface area contributed by atoms with Crippen molar-refractivity contribution in [3.05, 3.63) is 124 Å². The van der Waals surface area contributed by atoms with Crippen molar-refractivity contribution in [1.29, 1.82) is 0 Å². The van der Waals surface area contributed by atoms with Crippen LogP contribution in [0.5, 0.6) is 0 Å². The van der Waals surface area contributed by atoms with E-state index in [4.69, 9.17) is 33.9 Å². The lowest BCUT2D eigenvalue weighted by Gasteiger charge is -2.11. The van der Waals surface area contributed by atoms with E-state index in [1.165, 1.54) is 11.3 Å². The third kappa shape index (κ3) is 5.00. The Kier molecular flexibility index (Phi) is 6.79. The van der Waals surface area contributed by atoms with Crippen molar-refractivity contribution in [2.75, 3.05) is 11.1 Å². The quantitative estimate of drug-likeness (QED) is 0.218. The molecule has 190 valence electrons. The van der Waals surface area contributed by atoms with Crippen molar-refractivity contribution in [2.24, 2.45) is 0 Å². The number of hydrogen-bond acceptors (Lipinski definition) is 4. The second kappa shape index (κ2) is 10.5. The maximum absolute atomic E-state index is 13.6. The van der Waals surface area contributed by atoms with E-state index in [0.29, 0.717) is 31.1 Å². The first kappa shape index (κ1) is 25.1. The highest BCUT2D eigenvalue weighted by atomic mass is 35.5. The molecule has 6 aromatic rings. The number of nitrogens with zero attached hydrogens (tertiary/aromatic N) is 1. The van der Waals surface area contributed by atoms with Gasteiger partial charge in [-0.15, -0.1) is 11.3 Å². The number of anilines is 2. The first-order valence-electron chi connectivity index (χ1n) is 12.2. The van der Waals surface area contributed by atoms with Gasteiger partial charge >= 0.3 is 0 Å². The number of nitrogens with one attached hydrogen (secondary N) is 1. The Morgan fingerprint density at radius 1 is 0.718 bits per heavy atom. The van der Waals surface area contributed by atoms with Gasteiger partial charge < -0.3 is 11.1 Å². The topological polar surface area (TPSA) is 68.0 Å². The van der Waals surface area contributed by atoms with Crippen molar-refractivity contribution >= 4 is 62.0 Å². The normalized spacial score (nSPS) is 11.0. The van der Waals surface area contributed by atoms with E-state index in [2.05, 4.69) is 5.32 Å². The summed E-state index contributed by atoms with van der Waals surface area (Å²) in [6.07, 6.45) is 0. The fourth-order valence-corrected chi connectivity index (χ4v) is 5.82. The minimum absolute atomic E-state index is 0.283. The van der Waals surface area contributed by atoms with E-state index < -0.39 is 0 Å². The number of fused-ring (bicyclic) bond motifs is 1. The molecule has 2 aromatic heterocycles. The molecule has 0 saturated heterocycles. The Bertz CT molecular complexity index is 1820. The largest absolute Gasteiger partial charge is 0.397 e. The highest BCUT2D eigenvalue weighted by Crippen LogP contribution is 2.42. The Morgan fingerprint density at radius 2 is 1.31 bits per heavy atom. The molecular weight excluding hydrogens is 545 g/mol. The summed E-state index contributed by atoms with van der Waals surface area (Å²) >= 11 is 13.6. The van der Waals surface area contributed by atoms with Gasteiger partial charge in [0.25, 0.3) is 5.91 Å². The highest BCUT2D eigenvalue weighted by molar-refractivity contribution is 7.21. The van der Waals surface area contributed by atoms with E-state index >= 15 is 0 Å². The first-order valence-corrected chi connectivity index (χ1v) is 13.8. The van der Waals surface area contributed by atoms with Crippen LogP contribution in [-0.4, -0.2) is 10.9 Å². The van der Waals surface area contributed by atoms with Crippen molar-refractivity contribution in [2.45, 2.75) is 0 Å². The summed E-state index contributed by atoms with van der Waals surface area (Å²) in [6, 6.07) is 34.7. The predicted octanol–water partition coefficient (Wildman–Crippen LogP) is 9.44. The van der Waals surface area contributed by atoms with Crippen LogP contribution >= 0.6 is 34.5 Å². The number of nitrogens with two attached hydrogens (primary N) is 1. The number of benzene rings is 4. The van der Waals surface area contributed by atoms with Gasteiger partial charge in [-0.1, -0.05) is 96.0 Å². The summed E-state index contributed by atoms with van der Waals surface area (Å²) in [5.74, 6) is -0.283. The summed E-state index contributed by atoms with van der Waals surface area (Å²) in [6.45, 7) is 0. The van der Waals surface area contributed by atoms with Crippen molar-refractivity contribution < 1.29 is 4.79 Å². The number of hydrogen-bond donors (Lipinski definition) is 2. The Labute approximate surface area is 239 Å². The molecule has 1 amide bonds. The van der Waals surface area contributed by atoms with Gasteiger partial charge in [0.2, 0.25) is 0 Å². The van der Waals surface area contributed by atoms with Crippen LogP contribution in [0, 0.1) is 0 Å². The number of aromatic nitrogens is 1. The molecule has 0 unspecified atom stereocenters. The average molecular weight is 567 g/mol. The number of carbonyl (C=O) groups excluding carboxylic acids is 1. The van der Waals surface area contributed by atoms with Gasteiger partial charge in [-0.3, -0.25) is 4.79 Å². The fourth-order valence-electron chi connectivity index (χ4n) is 4.56. The van der Waals surface area contributed by atoms with Gasteiger partial charge in [0.15, 0.2) is 0 Å². The van der Waals surface area contributed by atoms with Gasteiger partial charge in [-0.2, -0.15) is 0 Å². The van der Waals surface area contributed by atoms with Gasteiger partial charge in [0.05, 0.1) is 11.4 Å². The second-order valence-electron chi connectivity index (χ2n) is 8.96. The molecule has 0 saturated carbocycles. The molecule has 2 heterocycles. The minimum Gasteiger partial charge on any atom is -0.397 e. The van der Waals surface area contributed by atoms with Crippen molar-refractivity contribution in [3.63, 3.8) is 0 Å². The molecule has 0 spiro atoms. The zero-order valence-corrected chi connectivity index (χ0v) is 22.8. The fraction of sp³-hybridized carbons (Fsp3) is 0. The van der Waals surface area contributed by atoms with E-state index in [9.17, 15) is 4.79 Å². The lowest BCUT2D eigenvalue weighted by molar-refractivity contribution is 0.103. The molecule has 0 bridgehead atoms. The molecule has 0 aliphatic carbocycles. The van der Waals surface area contributed by atoms with Crippen LogP contribution in [0.2, 0.25) is 10.0 Å². The van der Waals surface area contributed by atoms with Crippen LogP contribution in [0.4, 0.5) is 11.4 Å². The van der Waals surface area contributed by atoms with Crippen LogP contribution in [0.3, 0.4) is 0 Å². The van der Waals surface area contributed by atoms with Crippen LogP contribution in [0.15, 0.2) is 109 Å². The Hall–Kier alpha value is -4.16. The van der Waals surface area contributed by atoms with Gasteiger partial charge in [-0.25, -0.2) is 4.98 Å². The number of nitrogen functional groups attached to an aromatic ring is 1. The zero-order chi connectivity index (χ0) is 26.9. The maximum atomic E-state index is 13.6. The third-order valence-electron chi connectivity index (χ3n) is 6.46. The van der Waals surface area contributed by atoms with Crippen LogP contribution in [-0.2, 0) is 0 Å². The molecule has 0 aliphatic rings. The summed E-state index contributed by atoms with van der Waals surface area (Å²) in [7, 11) is 0. The van der Waals surface area contributed by atoms with Gasteiger partial charge in [0.1, 0.15) is 9.71 Å². The highest BCUT2D eigenvalue weighted by Gasteiger charge is 2.22. The number of thiophene rings is 1. The Balaban J connectivity index is 1.47. The van der Waals surface area contributed by atoms with E-state index in [0.717, 1.165) is 38.9 Å². The molecular formula is C32H21Cl2N3OS. The Morgan fingerprint density at radius 3 is 2.00 bits per heavy atom. The lowest BCUT2D eigenvalue weighted by atomic mass is 9.99. The standard InChI is InChI=1S/C32H21Cl2N3OS/c33-22-14-10-20(11-15-22)25-18-27(21-12-16-23(34)17-13-21)37-32-28(25)29(35)30(39-32)31(38)36-26-9-5-4-8-24(26)19-6-2-1-3-7-19/h1-18H,35H2,(H,36,38). The zero-order valence-electron chi connectivity index (χ0n) is 20.5. The number of amides is 1. The van der Waals surface area contributed by atoms with Crippen molar-refractivity contribution in [3.8, 4) is 33.5 Å². The molecule has 6 rings (SSSR count). The molecule has 39 heavy (non-hydrogen) atoms. The third-order valence-corrected chi connectivity index (χ3v) is 8.06. The van der Waals surface area contributed by atoms with Crippen LogP contribution in [0.25, 0.3) is 43.7 Å². The van der Waals surface area contributed by atoms with Crippen LogP contribution in [0.1, 0.15) is 9.67 Å². The number of pyridine rings is 1. The summed E-state index contributed by atoms with van der Waals surface area (Å²) in [5, 5.41) is 5.10. The maximum Gasteiger partial charge on any atom is 0.267 e. The second-order valence-corrected chi connectivity index (χ2v) is 10.8. The molecule has 0 atom stereocenters. The molecule has 7 heteroatoms. The number of rotatable bonds is 5.